The second-order valence-corrected chi connectivity index (χ2v) is 7.27. The van der Waals surface area contributed by atoms with Crippen molar-refractivity contribution in [1.29, 1.82) is 0 Å². The minimum Gasteiger partial charge on any atom is -0.478 e. The van der Waals surface area contributed by atoms with Crippen molar-refractivity contribution in [3.8, 4) is 5.88 Å². The Labute approximate surface area is 159 Å². The lowest BCUT2D eigenvalue weighted by Gasteiger charge is -2.37. The molecule has 0 bridgehead atoms. The molecule has 3 rings (SSSR count). The predicted molar refractivity (Wildman–Crippen MR) is 99.5 cm³/mol. The molecule has 1 aliphatic heterocycles. The lowest BCUT2D eigenvalue weighted by Crippen LogP contribution is -2.52. The van der Waals surface area contributed by atoms with Gasteiger partial charge in [0, 0.05) is 38.2 Å². The van der Waals surface area contributed by atoms with Crippen LogP contribution in [0, 0.1) is 5.92 Å². The number of pyridine rings is 1. The number of rotatable bonds is 4. The van der Waals surface area contributed by atoms with Gasteiger partial charge in [0.25, 0.3) is 5.91 Å². The van der Waals surface area contributed by atoms with Gasteiger partial charge in [0.1, 0.15) is 0 Å². The number of piperazine rings is 1. The van der Waals surface area contributed by atoms with Gasteiger partial charge in [0.05, 0.1) is 11.6 Å². The summed E-state index contributed by atoms with van der Waals surface area (Å²) < 4.78 is 5.36. The molecule has 0 radical (unpaired) electrons. The monoisotopic (exact) mass is 379 g/mol. The molecule has 1 saturated carbocycles. The third kappa shape index (κ3) is 4.29. The van der Waals surface area contributed by atoms with Gasteiger partial charge in [-0.2, -0.15) is 0 Å². The van der Waals surface area contributed by atoms with Gasteiger partial charge in [0.2, 0.25) is 11.8 Å². The number of halogens is 1. The Hall–Kier alpha value is -1.82. The number of carbonyl (C=O) groups is 2. The SMILES string of the molecule is CCOc1ccc(Cl)c(C(=O)N2CCN(C(=O)C3CCCCC3)CC2)n1. The van der Waals surface area contributed by atoms with E-state index in [4.69, 9.17) is 16.3 Å². The van der Waals surface area contributed by atoms with Crippen molar-refractivity contribution >= 4 is 23.4 Å². The summed E-state index contributed by atoms with van der Waals surface area (Å²) in [5.41, 5.74) is 0.213. The third-order valence-electron chi connectivity index (χ3n) is 5.15. The number of ether oxygens (including phenoxy) is 1. The summed E-state index contributed by atoms with van der Waals surface area (Å²) in [5.74, 6) is 0.615. The van der Waals surface area contributed by atoms with E-state index in [0.29, 0.717) is 43.7 Å². The van der Waals surface area contributed by atoms with Gasteiger partial charge in [0.15, 0.2) is 5.69 Å². The number of nitrogens with zero attached hydrogens (tertiary/aromatic N) is 3. The molecule has 1 aromatic rings. The summed E-state index contributed by atoms with van der Waals surface area (Å²) >= 11 is 6.16. The van der Waals surface area contributed by atoms with Crippen LogP contribution in [-0.4, -0.2) is 59.4 Å². The number of aromatic nitrogens is 1. The Morgan fingerprint density at radius 1 is 1.12 bits per heavy atom. The van der Waals surface area contributed by atoms with E-state index in [-0.39, 0.29) is 23.4 Å². The van der Waals surface area contributed by atoms with E-state index in [0.717, 1.165) is 25.7 Å². The quantitative estimate of drug-likeness (QED) is 0.806. The maximum absolute atomic E-state index is 12.8. The lowest BCUT2D eigenvalue weighted by molar-refractivity contribution is -0.138. The van der Waals surface area contributed by atoms with E-state index in [1.807, 2.05) is 11.8 Å². The highest BCUT2D eigenvalue weighted by Gasteiger charge is 2.30. The van der Waals surface area contributed by atoms with E-state index in [1.54, 1.807) is 17.0 Å². The minimum atomic E-state index is -0.207. The summed E-state index contributed by atoms with van der Waals surface area (Å²) in [6, 6.07) is 3.29. The molecule has 0 N–H and O–H groups in total. The minimum absolute atomic E-state index is 0.171. The van der Waals surface area contributed by atoms with Crippen LogP contribution in [0.3, 0.4) is 0 Å². The summed E-state index contributed by atoms with van der Waals surface area (Å²) in [6.45, 7) is 4.50. The fourth-order valence-corrected chi connectivity index (χ4v) is 3.88. The summed E-state index contributed by atoms with van der Waals surface area (Å²) in [7, 11) is 0. The molecule has 0 atom stereocenters. The van der Waals surface area contributed by atoms with Gasteiger partial charge in [-0.25, -0.2) is 4.98 Å². The zero-order chi connectivity index (χ0) is 18.5. The molecule has 0 spiro atoms. The first kappa shape index (κ1) is 19.0. The van der Waals surface area contributed by atoms with Gasteiger partial charge in [-0.05, 0) is 25.8 Å². The van der Waals surface area contributed by atoms with E-state index in [1.165, 1.54) is 6.42 Å². The predicted octanol–water partition coefficient (Wildman–Crippen LogP) is 3.00. The Bertz CT molecular complexity index is 653. The molecule has 1 saturated heterocycles. The first-order valence-corrected chi connectivity index (χ1v) is 9.85. The molecule has 7 heteroatoms. The van der Waals surface area contributed by atoms with Crippen molar-refractivity contribution in [1.82, 2.24) is 14.8 Å². The maximum Gasteiger partial charge on any atom is 0.274 e. The Morgan fingerprint density at radius 2 is 1.77 bits per heavy atom. The van der Waals surface area contributed by atoms with Crippen molar-refractivity contribution in [3.63, 3.8) is 0 Å². The molecule has 6 nitrogen and oxygen atoms in total. The standard InChI is InChI=1S/C19H26ClN3O3/c1-2-26-16-9-8-15(20)17(21-16)19(25)23-12-10-22(11-13-23)18(24)14-6-4-3-5-7-14/h8-9,14H,2-7,10-13H2,1H3. The van der Waals surface area contributed by atoms with Crippen LogP contribution in [0.25, 0.3) is 0 Å². The van der Waals surface area contributed by atoms with Crippen LogP contribution in [0.1, 0.15) is 49.5 Å². The van der Waals surface area contributed by atoms with Crippen LogP contribution < -0.4 is 4.74 Å². The van der Waals surface area contributed by atoms with Crippen LogP contribution in [0.15, 0.2) is 12.1 Å². The molecule has 2 aliphatic rings. The van der Waals surface area contributed by atoms with Crippen LogP contribution in [-0.2, 0) is 4.79 Å². The van der Waals surface area contributed by atoms with Crippen LogP contribution >= 0.6 is 11.6 Å². The smallest absolute Gasteiger partial charge is 0.274 e. The lowest BCUT2D eigenvalue weighted by atomic mass is 9.88. The highest BCUT2D eigenvalue weighted by molar-refractivity contribution is 6.33. The molecule has 26 heavy (non-hydrogen) atoms. The first-order valence-electron chi connectivity index (χ1n) is 9.47. The average Bonchev–Trinajstić information content (AvgIpc) is 2.69. The van der Waals surface area contributed by atoms with Gasteiger partial charge in [-0.15, -0.1) is 0 Å². The summed E-state index contributed by atoms with van der Waals surface area (Å²) in [6.07, 6.45) is 5.54. The van der Waals surface area contributed by atoms with Gasteiger partial charge in [-0.3, -0.25) is 9.59 Å². The maximum atomic E-state index is 12.8. The largest absolute Gasteiger partial charge is 0.478 e. The van der Waals surface area contributed by atoms with Crippen LogP contribution in [0.4, 0.5) is 0 Å². The first-order chi connectivity index (χ1) is 12.6. The molecule has 0 aromatic carbocycles. The van der Waals surface area contributed by atoms with Crippen LogP contribution in [0.5, 0.6) is 5.88 Å². The van der Waals surface area contributed by atoms with Crippen molar-refractivity contribution in [3.05, 3.63) is 22.8 Å². The van der Waals surface area contributed by atoms with Gasteiger partial charge in [-0.1, -0.05) is 30.9 Å². The number of carbonyl (C=O) groups excluding carboxylic acids is 2. The van der Waals surface area contributed by atoms with Crippen molar-refractivity contribution in [2.24, 2.45) is 5.92 Å². The third-order valence-corrected chi connectivity index (χ3v) is 5.45. The highest BCUT2D eigenvalue weighted by Crippen LogP contribution is 2.26. The Balaban J connectivity index is 1.60. The molecule has 1 aliphatic carbocycles. The van der Waals surface area contributed by atoms with Crippen molar-refractivity contribution < 1.29 is 14.3 Å². The molecular weight excluding hydrogens is 354 g/mol. The highest BCUT2D eigenvalue weighted by atomic mass is 35.5. The molecule has 0 unspecified atom stereocenters. The zero-order valence-electron chi connectivity index (χ0n) is 15.2. The summed E-state index contributed by atoms with van der Waals surface area (Å²) in [4.78, 5) is 33.3. The normalized spacial score (nSPS) is 18.7. The van der Waals surface area contributed by atoms with Crippen molar-refractivity contribution in [2.75, 3.05) is 32.8 Å². The number of hydrogen-bond acceptors (Lipinski definition) is 4. The van der Waals surface area contributed by atoms with Gasteiger partial charge >= 0.3 is 0 Å². The second kappa shape index (κ2) is 8.71. The topological polar surface area (TPSA) is 62.7 Å². The molecule has 1 aromatic heterocycles. The van der Waals surface area contributed by atoms with Crippen molar-refractivity contribution in [2.45, 2.75) is 39.0 Å². The fourth-order valence-electron chi connectivity index (χ4n) is 3.69. The molecule has 2 amide bonds. The molecule has 2 fully saturated rings. The van der Waals surface area contributed by atoms with E-state index >= 15 is 0 Å². The van der Waals surface area contributed by atoms with Crippen LogP contribution in [0.2, 0.25) is 5.02 Å². The van der Waals surface area contributed by atoms with Gasteiger partial charge < -0.3 is 14.5 Å². The summed E-state index contributed by atoms with van der Waals surface area (Å²) in [5, 5.41) is 0.319. The second-order valence-electron chi connectivity index (χ2n) is 6.87. The zero-order valence-corrected chi connectivity index (χ0v) is 16.0. The number of amides is 2. The number of hydrogen-bond donors (Lipinski definition) is 0. The molecular formula is C19H26ClN3O3. The van der Waals surface area contributed by atoms with E-state index in [9.17, 15) is 9.59 Å². The average molecular weight is 380 g/mol. The Morgan fingerprint density at radius 3 is 2.42 bits per heavy atom. The van der Waals surface area contributed by atoms with E-state index in [2.05, 4.69) is 4.98 Å². The Kier molecular flexibility index (Phi) is 6.35. The molecule has 142 valence electrons. The fraction of sp³-hybridized carbons (Fsp3) is 0.632. The molecule has 2 heterocycles. The van der Waals surface area contributed by atoms with E-state index < -0.39 is 0 Å².